The lowest BCUT2D eigenvalue weighted by Crippen LogP contribution is -2.16. The van der Waals surface area contributed by atoms with E-state index in [9.17, 15) is 10.2 Å². The van der Waals surface area contributed by atoms with Crippen molar-refractivity contribution in [1.82, 2.24) is 19.5 Å². The van der Waals surface area contributed by atoms with E-state index in [1.807, 2.05) is 4.57 Å². The van der Waals surface area contributed by atoms with Gasteiger partial charge < -0.3 is 20.5 Å². The van der Waals surface area contributed by atoms with Crippen LogP contribution >= 0.6 is 11.6 Å². The van der Waals surface area contributed by atoms with Crippen molar-refractivity contribution in [3.8, 4) is 0 Å². The van der Waals surface area contributed by atoms with Crippen LogP contribution in [0.15, 0.2) is 6.33 Å². The Bertz CT molecular complexity index is 616. The fourth-order valence-corrected chi connectivity index (χ4v) is 2.85. The van der Waals surface area contributed by atoms with Gasteiger partial charge in [-0.3, -0.25) is 0 Å². The third-order valence-corrected chi connectivity index (χ3v) is 3.85. The van der Waals surface area contributed by atoms with E-state index >= 15 is 0 Å². The number of aromatic nitrogens is 4. The van der Waals surface area contributed by atoms with Crippen LogP contribution in [0.25, 0.3) is 11.2 Å². The number of halogens is 1. The molecule has 1 aliphatic carbocycles. The van der Waals surface area contributed by atoms with E-state index in [1.54, 1.807) is 6.33 Å². The summed E-state index contributed by atoms with van der Waals surface area (Å²) in [5, 5.41) is 19.1. The van der Waals surface area contributed by atoms with Gasteiger partial charge in [0, 0.05) is 18.6 Å². The second kappa shape index (κ2) is 4.59. The fraction of sp³-hybridized carbons (Fsp3) is 0.545. The maximum atomic E-state index is 9.86. The van der Waals surface area contributed by atoms with Crippen molar-refractivity contribution in [3.63, 3.8) is 0 Å². The number of nitrogens with zero attached hydrogens (tertiary/aromatic N) is 4. The molecule has 3 atom stereocenters. The topological polar surface area (TPSA) is 110 Å². The van der Waals surface area contributed by atoms with Gasteiger partial charge in [0.2, 0.25) is 5.28 Å². The molecule has 4 N–H and O–H groups in total. The molecule has 0 spiro atoms. The largest absolute Gasteiger partial charge is 0.396 e. The molecular weight excluding hydrogens is 270 g/mol. The highest BCUT2D eigenvalue weighted by molar-refractivity contribution is 6.28. The highest BCUT2D eigenvalue weighted by Crippen LogP contribution is 2.36. The summed E-state index contributed by atoms with van der Waals surface area (Å²) in [6.07, 6.45) is 2.34. The molecule has 0 bridgehead atoms. The maximum absolute atomic E-state index is 9.86. The smallest absolute Gasteiger partial charge is 0.226 e. The van der Waals surface area contributed by atoms with Gasteiger partial charge in [-0.1, -0.05) is 0 Å². The Morgan fingerprint density at radius 1 is 1.42 bits per heavy atom. The van der Waals surface area contributed by atoms with E-state index < -0.39 is 6.10 Å². The second-order valence-electron chi connectivity index (χ2n) is 4.84. The van der Waals surface area contributed by atoms with Crippen molar-refractivity contribution in [3.05, 3.63) is 11.6 Å². The lowest BCUT2D eigenvalue weighted by molar-refractivity contribution is 0.0906. The number of nitrogens with two attached hydrogens (primary N) is 1. The van der Waals surface area contributed by atoms with E-state index in [-0.39, 0.29) is 29.7 Å². The number of fused-ring (bicyclic) bond motifs is 1. The van der Waals surface area contributed by atoms with Crippen LogP contribution in [-0.2, 0) is 0 Å². The van der Waals surface area contributed by atoms with Crippen LogP contribution in [0.3, 0.4) is 0 Å². The number of hydrogen-bond acceptors (Lipinski definition) is 6. The SMILES string of the molecule is Nc1nc(Cl)nc2c1ncn2[C@H]1C[C@@H](CO)[C@H](O)C1. The van der Waals surface area contributed by atoms with E-state index in [0.29, 0.717) is 24.0 Å². The molecule has 8 heteroatoms. The summed E-state index contributed by atoms with van der Waals surface area (Å²) in [5.41, 5.74) is 6.82. The van der Waals surface area contributed by atoms with Gasteiger partial charge in [0.05, 0.1) is 12.4 Å². The molecule has 19 heavy (non-hydrogen) atoms. The van der Waals surface area contributed by atoms with Gasteiger partial charge in [0.1, 0.15) is 5.52 Å². The van der Waals surface area contributed by atoms with E-state index in [1.165, 1.54) is 0 Å². The Balaban J connectivity index is 2.02. The molecule has 2 aromatic heterocycles. The summed E-state index contributed by atoms with van der Waals surface area (Å²) in [6.45, 7) is -0.0256. The molecule has 0 aliphatic heterocycles. The number of nitrogen functional groups attached to an aromatic ring is 1. The van der Waals surface area contributed by atoms with Gasteiger partial charge in [-0.2, -0.15) is 9.97 Å². The van der Waals surface area contributed by atoms with Crippen LogP contribution in [0.1, 0.15) is 18.9 Å². The zero-order valence-electron chi connectivity index (χ0n) is 10.1. The number of rotatable bonds is 2. The summed E-state index contributed by atoms with van der Waals surface area (Å²) in [4.78, 5) is 12.2. The zero-order chi connectivity index (χ0) is 13.6. The summed E-state index contributed by atoms with van der Waals surface area (Å²) < 4.78 is 1.85. The predicted molar refractivity (Wildman–Crippen MR) is 69.6 cm³/mol. The number of imidazole rings is 1. The van der Waals surface area contributed by atoms with Crippen molar-refractivity contribution in [1.29, 1.82) is 0 Å². The van der Waals surface area contributed by atoms with Crippen LogP contribution in [0, 0.1) is 5.92 Å². The molecule has 2 heterocycles. The summed E-state index contributed by atoms with van der Waals surface area (Å²) in [5.74, 6) is 0.128. The van der Waals surface area contributed by atoms with Gasteiger partial charge in [-0.05, 0) is 24.4 Å². The van der Waals surface area contributed by atoms with Crippen molar-refractivity contribution in [2.24, 2.45) is 5.92 Å². The monoisotopic (exact) mass is 283 g/mol. The number of aliphatic hydroxyl groups is 2. The average Bonchev–Trinajstić information content (AvgIpc) is 2.92. The molecule has 0 unspecified atom stereocenters. The minimum Gasteiger partial charge on any atom is -0.396 e. The molecule has 7 nitrogen and oxygen atoms in total. The lowest BCUT2D eigenvalue weighted by atomic mass is 10.1. The molecule has 1 aliphatic rings. The second-order valence-corrected chi connectivity index (χ2v) is 5.18. The van der Waals surface area contributed by atoms with Gasteiger partial charge >= 0.3 is 0 Å². The molecule has 0 saturated heterocycles. The molecule has 1 fully saturated rings. The number of aliphatic hydroxyl groups excluding tert-OH is 2. The standard InChI is InChI=1S/C11H14ClN5O2/c12-11-15-9(13)8-10(16-11)17(4-14-8)6-1-5(3-18)7(19)2-6/h4-7,18-19H,1-3H2,(H2,13,15,16)/t5-,6-,7+/m0/s1. The Morgan fingerprint density at radius 3 is 2.89 bits per heavy atom. The van der Waals surface area contributed by atoms with E-state index in [4.69, 9.17) is 17.3 Å². The summed E-state index contributed by atoms with van der Waals surface area (Å²) in [6, 6.07) is 0.0301. The molecule has 0 aromatic carbocycles. The summed E-state index contributed by atoms with van der Waals surface area (Å²) in [7, 11) is 0. The van der Waals surface area contributed by atoms with Crippen LogP contribution in [-0.4, -0.2) is 42.4 Å². The van der Waals surface area contributed by atoms with Crippen LogP contribution in [0.4, 0.5) is 5.82 Å². The fourth-order valence-electron chi connectivity index (χ4n) is 2.68. The molecular formula is C11H14ClN5O2. The quantitative estimate of drug-likeness (QED) is 0.687. The van der Waals surface area contributed by atoms with Crippen LogP contribution in [0.5, 0.6) is 0 Å². The van der Waals surface area contributed by atoms with Crippen molar-refractivity contribution in [2.75, 3.05) is 12.3 Å². The first kappa shape index (κ1) is 12.6. The molecule has 0 radical (unpaired) electrons. The van der Waals surface area contributed by atoms with Gasteiger partial charge in [0.15, 0.2) is 11.5 Å². The van der Waals surface area contributed by atoms with E-state index in [0.717, 1.165) is 0 Å². The van der Waals surface area contributed by atoms with E-state index in [2.05, 4.69) is 15.0 Å². The maximum Gasteiger partial charge on any atom is 0.226 e. The van der Waals surface area contributed by atoms with Crippen LogP contribution < -0.4 is 5.73 Å². The van der Waals surface area contributed by atoms with Crippen LogP contribution in [0.2, 0.25) is 5.28 Å². The first-order valence-electron chi connectivity index (χ1n) is 6.04. The molecule has 102 valence electrons. The highest BCUT2D eigenvalue weighted by atomic mass is 35.5. The predicted octanol–water partition coefficient (Wildman–Crippen LogP) is 0.366. The zero-order valence-corrected chi connectivity index (χ0v) is 10.8. The Morgan fingerprint density at radius 2 is 2.21 bits per heavy atom. The first-order valence-corrected chi connectivity index (χ1v) is 6.42. The van der Waals surface area contributed by atoms with Gasteiger partial charge in [-0.15, -0.1) is 0 Å². The number of hydrogen-bond donors (Lipinski definition) is 3. The minimum absolute atomic E-state index is 0.0256. The Labute approximate surface area is 114 Å². The normalized spacial score (nSPS) is 27.2. The molecule has 2 aromatic rings. The Kier molecular flexibility index (Phi) is 3.04. The van der Waals surface area contributed by atoms with Crippen molar-refractivity contribution < 1.29 is 10.2 Å². The molecule has 1 saturated carbocycles. The molecule has 3 rings (SSSR count). The van der Waals surface area contributed by atoms with Gasteiger partial charge in [0.25, 0.3) is 0 Å². The highest BCUT2D eigenvalue weighted by Gasteiger charge is 2.34. The first-order chi connectivity index (χ1) is 9.10. The molecule has 0 amide bonds. The Hall–Kier alpha value is -1.44. The van der Waals surface area contributed by atoms with Gasteiger partial charge in [-0.25, -0.2) is 4.98 Å². The average molecular weight is 284 g/mol. The minimum atomic E-state index is -0.512. The van der Waals surface area contributed by atoms with Crippen molar-refractivity contribution in [2.45, 2.75) is 25.0 Å². The van der Waals surface area contributed by atoms with Crippen molar-refractivity contribution >= 4 is 28.6 Å². The number of anilines is 1. The lowest BCUT2D eigenvalue weighted by Gasteiger charge is -2.12. The third-order valence-electron chi connectivity index (χ3n) is 3.68. The summed E-state index contributed by atoms with van der Waals surface area (Å²) >= 11 is 5.81. The third kappa shape index (κ3) is 2.03.